The fourth-order valence-electron chi connectivity index (χ4n) is 2.42. The van der Waals surface area contributed by atoms with E-state index in [1.807, 2.05) is 28.8 Å². The van der Waals surface area contributed by atoms with Crippen LogP contribution < -0.4 is 5.56 Å². The minimum Gasteiger partial charge on any atom is -0.330 e. The van der Waals surface area contributed by atoms with Crippen molar-refractivity contribution in [3.8, 4) is 0 Å². The van der Waals surface area contributed by atoms with Crippen molar-refractivity contribution in [2.24, 2.45) is 0 Å². The first-order chi connectivity index (χ1) is 9.22. The number of hydrogen-bond donors (Lipinski definition) is 2. The van der Waals surface area contributed by atoms with Crippen molar-refractivity contribution < 1.29 is 0 Å². The molecule has 0 aliphatic heterocycles. The Bertz CT molecular complexity index is 856. The van der Waals surface area contributed by atoms with Crippen LogP contribution in [0.15, 0.2) is 29.1 Å². The normalized spacial score (nSPS) is 11.4. The Labute approximate surface area is 115 Å². The van der Waals surface area contributed by atoms with E-state index in [4.69, 9.17) is 12.2 Å². The van der Waals surface area contributed by atoms with E-state index in [9.17, 15) is 4.79 Å². The first-order valence-corrected chi connectivity index (χ1v) is 6.86. The largest absolute Gasteiger partial charge is 0.330 e. The number of aromatic amines is 2. The molecule has 0 saturated heterocycles. The van der Waals surface area contributed by atoms with Gasteiger partial charge in [-0.2, -0.15) is 0 Å². The number of aryl methyl sites for hydroxylation is 1. The molecule has 0 bridgehead atoms. The highest BCUT2D eigenvalue weighted by Crippen LogP contribution is 2.20. The molecular formula is C14H15N3OS. The van der Waals surface area contributed by atoms with Gasteiger partial charge in [-0.25, -0.2) is 0 Å². The van der Waals surface area contributed by atoms with E-state index in [1.54, 1.807) is 0 Å². The van der Waals surface area contributed by atoms with Crippen molar-refractivity contribution in [2.75, 3.05) is 0 Å². The molecular weight excluding hydrogens is 258 g/mol. The van der Waals surface area contributed by atoms with Gasteiger partial charge in [-0.3, -0.25) is 4.79 Å². The Morgan fingerprint density at radius 1 is 1.26 bits per heavy atom. The van der Waals surface area contributed by atoms with E-state index < -0.39 is 0 Å². The summed E-state index contributed by atoms with van der Waals surface area (Å²) in [4.78, 5) is 18.3. The predicted molar refractivity (Wildman–Crippen MR) is 80.2 cm³/mol. The van der Waals surface area contributed by atoms with Crippen LogP contribution in [0.1, 0.15) is 19.8 Å². The van der Waals surface area contributed by atoms with Crippen molar-refractivity contribution in [1.29, 1.82) is 0 Å². The predicted octanol–water partition coefficient (Wildman–Crippen LogP) is 3.34. The Kier molecular flexibility index (Phi) is 2.98. The summed E-state index contributed by atoms with van der Waals surface area (Å²) < 4.78 is 2.52. The first kappa shape index (κ1) is 12.2. The highest BCUT2D eigenvalue weighted by atomic mass is 32.1. The zero-order valence-corrected chi connectivity index (χ0v) is 11.5. The number of pyridine rings is 1. The molecule has 3 aromatic rings. The van der Waals surface area contributed by atoms with E-state index in [-0.39, 0.29) is 5.56 Å². The quantitative estimate of drug-likeness (QED) is 0.719. The lowest BCUT2D eigenvalue weighted by atomic mass is 10.2. The zero-order valence-electron chi connectivity index (χ0n) is 10.7. The molecule has 0 amide bonds. The van der Waals surface area contributed by atoms with Crippen LogP contribution >= 0.6 is 12.2 Å². The fourth-order valence-corrected chi connectivity index (χ4v) is 2.71. The lowest BCUT2D eigenvalue weighted by Gasteiger charge is -2.03. The molecule has 0 aliphatic carbocycles. The molecule has 0 radical (unpaired) electrons. The monoisotopic (exact) mass is 273 g/mol. The number of rotatable bonds is 3. The van der Waals surface area contributed by atoms with Crippen LogP contribution in [-0.2, 0) is 6.54 Å². The van der Waals surface area contributed by atoms with E-state index in [0.29, 0.717) is 10.3 Å². The molecule has 0 spiro atoms. The van der Waals surface area contributed by atoms with Gasteiger partial charge in [-0.1, -0.05) is 31.5 Å². The van der Waals surface area contributed by atoms with E-state index in [2.05, 4.69) is 16.9 Å². The standard InChI is InChI=1S/C14H15N3OS/c1-2-3-8-17-12-11(16-14(17)19)9-6-4-5-7-10(9)15-13(12)18/h4-7H,2-3,8H2,1H3,(H,15,18)(H,16,19). The Hall–Kier alpha value is -1.88. The van der Waals surface area contributed by atoms with Crippen molar-refractivity contribution >= 4 is 34.2 Å². The summed E-state index contributed by atoms with van der Waals surface area (Å²) in [5.74, 6) is 0. The van der Waals surface area contributed by atoms with Gasteiger partial charge in [0.2, 0.25) is 0 Å². The summed E-state index contributed by atoms with van der Waals surface area (Å²) in [6, 6.07) is 7.76. The first-order valence-electron chi connectivity index (χ1n) is 6.46. The second-order valence-electron chi connectivity index (χ2n) is 4.66. The van der Waals surface area contributed by atoms with Gasteiger partial charge in [0.15, 0.2) is 4.77 Å². The van der Waals surface area contributed by atoms with Gasteiger partial charge in [-0.15, -0.1) is 0 Å². The number of aromatic nitrogens is 3. The van der Waals surface area contributed by atoms with Crippen molar-refractivity contribution in [2.45, 2.75) is 26.3 Å². The SMILES string of the molecule is CCCCn1c(=S)[nH]c2c3ccccc3[nH]c(=O)c21. The van der Waals surface area contributed by atoms with Gasteiger partial charge in [0.1, 0.15) is 5.52 Å². The van der Waals surface area contributed by atoms with E-state index >= 15 is 0 Å². The zero-order chi connectivity index (χ0) is 13.4. The smallest absolute Gasteiger partial charge is 0.274 e. The van der Waals surface area contributed by atoms with Crippen LogP contribution in [0.2, 0.25) is 0 Å². The van der Waals surface area contributed by atoms with Gasteiger partial charge in [0, 0.05) is 11.9 Å². The molecule has 19 heavy (non-hydrogen) atoms. The molecule has 3 rings (SSSR count). The van der Waals surface area contributed by atoms with Crippen LogP contribution in [0, 0.1) is 4.77 Å². The molecule has 2 heterocycles. The maximum absolute atomic E-state index is 12.2. The summed E-state index contributed by atoms with van der Waals surface area (Å²) in [7, 11) is 0. The lowest BCUT2D eigenvalue weighted by Crippen LogP contribution is -2.11. The summed E-state index contributed by atoms with van der Waals surface area (Å²) in [5, 5.41) is 0.999. The summed E-state index contributed by atoms with van der Waals surface area (Å²) in [6.45, 7) is 2.90. The highest BCUT2D eigenvalue weighted by Gasteiger charge is 2.11. The Morgan fingerprint density at radius 3 is 2.84 bits per heavy atom. The summed E-state index contributed by atoms with van der Waals surface area (Å²) >= 11 is 5.34. The molecule has 0 fully saturated rings. The van der Waals surface area contributed by atoms with Crippen molar-refractivity contribution in [3.63, 3.8) is 0 Å². The maximum Gasteiger partial charge on any atom is 0.274 e. The molecule has 0 unspecified atom stereocenters. The third-order valence-electron chi connectivity index (χ3n) is 3.38. The number of nitrogens with zero attached hydrogens (tertiary/aromatic N) is 1. The number of fused-ring (bicyclic) bond motifs is 3. The second kappa shape index (κ2) is 4.66. The van der Waals surface area contributed by atoms with Crippen molar-refractivity contribution in [1.82, 2.24) is 14.5 Å². The average Bonchev–Trinajstić information content (AvgIpc) is 2.74. The highest BCUT2D eigenvalue weighted by molar-refractivity contribution is 7.71. The summed E-state index contributed by atoms with van der Waals surface area (Å²) in [6.07, 6.45) is 2.08. The van der Waals surface area contributed by atoms with Crippen LogP contribution in [-0.4, -0.2) is 14.5 Å². The van der Waals surface area contributed by atoms with Crippen LogP contribution in [0.3, 0.4) is 0 Å². The van der Waals surface area contributed by atoms with Crippen LogP contribution in [0.5, 0.6) is 0 Å². The van der Waals surface area contributed by atoms with Crippen molar-refractivity contribution in [3.05, 3.63) is 39.4 Å². The number of para-hydroxylation sites is 1. The van der Waals surface area contributed by atoms with Crippen LogP contribution in [0.4, 0.5) is 0 Å². The molecule has 2 aromatic heterocycles. The van der Waals surface area contributed by atoms with Gasteiger partial charge in [0.25, 0.3) is 5.56 Å². The Morgan fingerprint density at radius 2 is 2.05 bits per heavy atom. The van der Waals surface area contributed by atoms with Gasteiger partial charge >= 0.3 is 0 Å². The van der Waals surface area contributed by atoms with Gasteiger partial charge in [-0.05, 0) is 24.7 Å². The van der Waals surface area contributed by atoms with Crippen LogP contribution in [0.25, 0.3) is 21.9 Å². The minimum atomic E-state index is -0.0860. The number of unbranched alkanes of at least 4 members (excludes halogenated alkanes) is 1. The molecule has 2 N–H and O–H groups in total. The van der Waals surface area contributed by atoms with Gasteiger partial charge < -0.3 is 14.5 Å². The second-order valence-corrected chi connectivity index (χ2v) is 5.05. The molecule has 0 aliphatic rings. The third kappa shape index (κ3) is 1.90. The number of benzene rings is 1. The number of nitrogens with one attached hydrogen (secondary N) is 2. The number of imidazole rings is 1. The third-order valence-corrected chi connectivity index (χ3v) is 3.70. The average molecular weight is 273 g/mol. The molecule has 4 nitrogen and oxygen atoms in total. The molecule has 1 aromatic carbocycles. The fraction of sp³-hybridized carbons (Fsp3) is 0.286. The van der Waals surface area contributed by atoms with E-state index in [0.717, 1.165) is 35.8 Å². The summed E-state index contributed by atoms with van der Waals surface area (Å²) in [5.41, 5.74) is 2.23. The number of hydrogen-bond acceptors (Lipinski definition) is 2. The molecule has 0 atom stereocenters. The maximum atomic E-state index is 12.2. The number of H-pyrrole nitrogens is 2. The molecule has 98 valence electrons. The Balaban J connectivity index is 2.42. The van der Waals surface area contributed by atoms with Gasteiger partial charge in [0.05, 0.1) is 11.0 Å². The topological polar surface area (TPSA) is 53.6 Å². The minimum absolute atomic E-state index is 0.0860. The van der Waals surface area contributed by atoms with E-state index in [1.165, 1.54) is 0 Å². The molecule has 5 heteroatoms. The lowest BCUT2D eigenvalue weighted by molar-refractivity contribution is 0.638. The molecule has 0 saturated carbocycles.